The van der Waals surface area contributed by atoms with Crippen LogP contribution in [0.3, 0.4) is 0 Å². The van der Waals surface area contributed by atoms with Crippen molar-refractivity contribution in [1.29, 1.82) is 0 Å². The van der Waals surface area contributed by atoms with Crippen molar-refractivity contribution in [3.05, 3.63) is 93.5 Å². The summed E-state index contributed by atoms with van der Waals surface area (Å²) in [4.78, 5) is 15.1. The number of benzene rings is 3. The van der Waals surface area contributed by atoms with Crippen LogP contribution < -0.4 is 7.22 Å². The first-order valence-corrected chi connectivity index (χ1v) is 21.2. The van der Waals surface area contributed by atoms with Crippen molar-refractivity contribution < 1.29 is 4.92 Å². The molecule has 0 bridgehead atoms. The van der Waals surface area contributed by atoms with Crippen LogP contribution in [-0.4, -0.2) is 24.9 Å². The SMILES string of the molecule is Cc1ccc([Te](Br)(Br)c2cc(C)ccc2N=Cc2ccc([N+](=O)[O-])cc2)cc1. The minimum absolute atomic E-state index is 0.0719. The molecule has 3 aromatic rings. The third-order valence-electron chi connectivity index (χ3n) is 4.17. The number of nitrogens with zero attached hydrogens (tertiary/aromatic N) is 2. The average molecular weight is 618 g/mol. The van der Waals surface area contributed by atoms with Gasteiger partial charge in [-0.25, -0.2) is 0 Å². The molecule has 3 rings (SSSR count). The van der Waals surface area contributed by atoms with Gasteiger partial charge in [0.1, 0.15) is 0 Å². The van der Waals surface area contributed by atoms with Crippen LogP contribution in [0, 0.1) is 24.0 Å². The molecule has 0 saturated heterocycles. The molecule has 0 atom stereocenters. The molecule has 0 aromatic heterocycles. The zero-order valence-corrected chi connectivity index (χ0v) is 20.8. The molecule has 0 aliphatic rings. The van der Waals surface area contributed by atoms with E-state index in [1.807, 2.05) is 12.1 Å². The number of aryl methyl sites for hydroxylation is 2. The first-order chi connectivity index (χ1) is 13.3. The van der Waals surface area contributed by atoms with E-state index in [2.05, 4.69) is 69.7 Å². The Hall–Kier alpha value is -1.52. The number of hydrogen-bond acceptors (Lipinski definition) is 3. The molecule has 7 heteroatoms. The quantitative estimate of drug-likeness (QED) is 0.169. The Balaban J connectivity index is 1.98. The molecule has 0 saturated carbocycles. The van der Waals surface area contributed by atoms with Crippen molar-refractivity contribution in [3.63, 3.8) is 0 Å². The molecular formula is C21H18Br2N2O2Te. The summed E-state index contributed by atoms with van der Waals surface area (Å²) in [7, 11) is 0. The second kappa shape index (κ2) is 8.87. The molecule has 28 heavy (non-hydrogen) atoms. The van der Waals surface area contributed by atoms with Gasteiger partial charge in [-0.2, -0.15) is 0 Å². The second-order valence-electron chi connectivity index (χ2n) is 6.36. The Morgan fingerprint density at radius 1 is 0.929 bits per heavy atom. The summed E-state index contributed by atoms with van der Waals surface area (Å²) in [6, 6.07) is 21.2. The number of halogens is 2. The number of non-ortho nitro benzene ring substituents is 1. The van der Waals surface area contributed by atoms with Gasteiger partial charge in [0.25, 0.3) is 0 Å². The molecule has 4 nitrogen and oxygen atoms in total. The molecule has 144 valence electrons. The van der Waals surface area contributed by atoms with Crippen molar-refractivity contribution in [2.24, 2.45) is 4.99 Å². The first kappa shape index (κ1) is 21.2. The normalized spacial score (nSPS) is 12.3. The first-order valence-electron chi connectivity index (χ1n) is 8.46. The molecule has 0 fully saturated rings. The van der Waals surface area contributed by atoms with Gasteiger partial charge in [0, 0.05) is 0 Å². The summed E-state index contributed by atoms with van der Waals surface area (Å²) in [5.41, 5.74) is 4.17. The van der Waals surface area contributed by atoms with Gasteiger partial charge in [-0.3, -0.25) is 0 Å². The maximum absolute atomic E-state index is 10.8. The molecule has 0 unspecified atom stereocenters. The topological polar surface area (TPSA) is 55.5 Å². The number of hydrogen-bond donors (Lipinski definition) is 0. The third-order valence-corrected chi connectivity index (χ3v) is 18.8. The zero-order valence-electron chi connectivity index (χ0n) is 15.3. The van der Waals surface area contributed by atoms with Gasteiger partial charge in [-0.15, -0.1) is 0 Å². The summed E-state index contributed by atoms with van der Waals surface area (Å²) in [5, 5.41) is 10.8. The van der Waals surface area contributed by atoms with Crippen molar-refractivity contribution in [2.75, 3.05) is 0 Å². The summed E-state index contributed by atoms with van der Waals surface area (Å²) in [6.45, 7) is 4.15. The molecule has 0 aliphatic heterocycles. The van der Waals surface area contributed by atoms with Crippen molar-refractivity contribution >= 4 is 64.1 Å². The molecule has 0 amide bonds. The van der Waals surface area contributed by atoms with E-state index in [9.17, 15) is 10.1 Å². The van der Waals surface area contributed by atoms with Crippen LogP contribution in [0.2, 0.25) is 0 Å². The Bertz CT molecular complexity index is 1030. The number of nitro groups is 1. The Kier molecular flexibility index (Phi) is 6.72. The number of rotatable bonds is 5. The van der Waals surface area contributed by atoms with Crippen molar-refractivity contribution in [2.45, 2.75) is 13.8 Å². The van der Waals surface area contributed by atoms with Crippen molar-refractivity contribution in [3.8, 4) is 0 Å². The van der Waals surface area contributed by atoms with Gasteiger partial charge < -0.3 is 0 Å². The van der Waals surface area contributed by atoms with Crippen LogP contribution in [0.25, 0.3) is 0 Å². The Morgan fingerprint density at radius 3 is 2.14 bits per heavy atom. The molecule has 0 aliphatic carbocycles. The Morgan fingerprint density at radius 2 is 1.54 bits per heavy atom. The number of nitro benzene ring substituents is 1. The van der Waals surface area contributed by atoms with Gasteiger partial charge in [-0.1, -0.05) is 0 Å². The predicted octanol–water partition coefficient (Wildman–Crippen LogP) is 5.31. The minimum atomic E-state index is -2.92. The van der Waals surface area contributed by atoms with Crippen molar-refractivity contribution in [1.82, 2.24) is 0 Å². The van der Waals surface area contributed by atoms with Gasteiger partial charge in [0.2, 0.25) is 0 Å². The van der Waals surface area contributed by atoms with Crippen LogP contribution in [0.4, 0.5) is 11.4 Å². The van der Waals surface area contributed by atoms with Gasteiger partial charge in [0.15, 0.2) is 0 Å². The van der Waals surface area contributed by atoms with E-state index in [1.54, 1.807) is 18.3 Å². The third kappa shape index (κ3) is 4.90. The monoisotopic (exact) mass is 618 g/mol. The molecule has 0 radical (unpaired) electrons. The van der Waals surface area contributed by atoms with E-state index in [-0.39, 0.29) is 5.69 Å². The van der Waals surface area contributed by atoms with E-state index >= 15 is 0 Å². The average Bonchev–Trinajstić information content (AvgIpc) is 2.67. The summed E-state index contributed by atoms with van der Waals surface area (Å²) in [6.07, 6.45) is 1.74. The Labute approximate surface area is 180 Å². The van der Waals surface area contributed by atoms with Gasteiger partial charge in [-0.05, 0) is 0 Å². The fourth-order valence-electron chi connectivity index (χ4n) is 2.60. The van der Waals surface area contributed by atoms with E-state index in [0.29, 0.717) is 0 Å². The fourth-order valence-corrected chi connectivity index (χ4v) is 13.1. The molecule has 3 aromatic carbocycles. The molecule has 0 spiro atoms. The summed E-state index contributed by atoms with van der Waals surface area (Å²) < 4.78 is 2.43. The predicted molar refractivity (Wildman–Crippen MR) is 126 cm³/mol. The van der Waals surface area contributed by atoms with E-state index in [0.717, 1.165) is 11.3 Å². The van der Waals surface area contributed by atoms with Crippen LogP contribution in [0.15, 0.2) is 71.7 Å². The van der Waals surface area contributed by atoms with E-state index in [4.69, 9.17) is 4.99 Å². The zero-order chi connectivity index (χ0) is 20.3. The van der Waals surface area contributed by atoms with Crippen LogP contribution in [-0.2, 0) is 0 Å². The van der Waals surface area contributed by atoms with E-state index in [1.165, 1.54) is 30.5 Å². The van der Waals surface area contributed by atoms with Crippen LogP contribution in [0.5, 0.6) is 0 Å². The molecule has 0 heterocycles. The second-order valence-corrected chi connectivity index (χ2v) is 30.5. The fraction of sp³-hybridized carbons (Fsp3) is 0.0952. The van der Waals surface area contributed by atoms with Gasteiger partial charge in [0.05, 0.1) is 0 Å². The van der Waals surface area contributed by atoms with Gasteiger partial charge >= 0.3 is 181 Å². The molecular weight excluding hydrogens is 600 g/mol. The van der Waals surface area contributed by atoms with Crippen LogP contribution >= 0.6 is 25.5 Å². The van der Waals surface area contributed by atoms with E-state index < -0.39 is 18.7 Å². The van der Waals surface area contributed by atoms with Crippen LogP contribution in [0.1, 0.15) is 16.7 Å². The summed E-state index contributed by atoms with van der Waals surface area (Å²) in [5.74, 6) is 0. The maximum atomic E-state index is 10.8. The summed E-state index contributed by atoms with van der Waals surface area (Å²) >= 11 is 5.11. The molecule has 0 N–H and O–H groups in total. The number of aliphatic imine (C=N–C) groups is 1. The standard InChI is InChI=1S/C21H18Br2N2O2Te/c1-15-3-10-19(11-4-15)28(22,23)21-13-16(2)5-12-20(21)24-14-17-6-8-18(9-7-17)25(26)27/h3-14H,1-2H3.